The number of rotatable bonds is 2. The molecule has 0 spiro atoms. The van der Waals surface area contributed by atoms with Gasteiger partial charge in [0.15, 0.2) is 5.75 Å². The van der Waals surface area contributed by atoms with E-state index >= 15 is 0 Å². The standard InChI is InChI=1S/C8H8NO4P/c10-14(11,12)13-7-3-1-2-6-4-5-9-8(6)7/h1-5,9H,(H2,10,11,12). The quantitative estimate of drug-likeness (QED) is 0.662. The highest BCUT2D eigenvalue weighted by Crippen LogP contribution is 2.39. The second-order valence-corrected chi connectivity index (χ2v) is 3.94. The molecule has 14 heavy (non-hydrogen) atoms. The van der Waals surface area contributed by atoms with Crippen LogP contribution >= 0.6 is 7.82 Å². The van der Waals surface area contributed by atoms with Gasteiger partial charge in [-0.1, -0.05) is 12.1 Å². The van der Waals surface area contributed by atoms with E-state index in [1.165, 1.54) is 6.07 Å². The number of H-pyrrole nitrogens is 1. The smallest absolute Gasteiger partial charge is 0.402 e. The largest absolute Gasteiger partial charge is 0.524 e. The lowest BCUT2D eigenvalue weighted by atomic mass is 10.2. The van der Waals surface area contributed by atoms with E-state index in [-0.39, 0.29) is 5.75 Å². The van der Waals surface area contributed by atoms with Gasteiger partial charge < -0.3 is 9.51 Å². The molecule has 1 aromatic heterocycles. The molecule has 0 aliphatic rings. The number of hydrogen-bond acceptors (Lipinski definition) is 2. The van der Waals surface area contributed by atoms with Crippen molar-refractivity contribution in [2.75, 3.05) is 0 Å². The molecular weight excluding hydrogens is 205 g/mol. The van der Waals surface area contributed by atoms with E-state index in [1.807, 2.05) is 6.07 Å². The molecular formula is C8H8NO4P. The molecule has 3 N–H and O–H groups in total. The Morgan fingerprint density at radius 1 is 1.29 bits per heavy atom. The second-order valence-electron chi connectivity index (χ2n) is 2.78. The topological polar surface area (TPSA) is 82.6 Å². The van der Waals surface area contributed by atoms with Crippen LogP contribution in [0.2, 0.25) is 0 Å². The Morgan fingerprint density at radius 2 is 2.07 bits per heavy atom. The molecule has 74 valence electrons. The lowest BCUT2D eigenvalue weighted by Gasteiger charge is -2.06. The second kappa shape index (κ2) is 3.13. The Balaban J connectivity index is 2.52. The summed E-state index contributed by atoms with van der Waals surface area (Å²) in [6.45, 7) is 0. The van der Waals surface area contributed by atoms with Gasteiger partial charge in [0.2, 0.25) is 0 Å². The third kappa shape index (κ3) is 1.80. The van der Waals surface area contributed by atoms with Gasteiger partial charge in [-0.05, 0) is 12.1 Å². The molecule has 0 radical (unpaired) electrons. The van der Waals surface area contributed by atoms with Crippen LogP contribution in [0.5, 0.6) is 5.75 Å². The Bertz CT molecular complexity index is 501. The molecule has 0 aliphatic heterocycles. The number of phosphoric acid groups is 1. The number of hydrogen-bond donors (Lipinski definition) is 3. The summed E-state index contributed by atoms with van der Waals surface area (Å²) in [6.07, 6.45) is 1.68. The molecule has 0 aliphatic carbocycles. The number of phosphoric ester groups is 1. The third-order valence-electron chi connectivity index (χ3n) is 1.77. The van der Waals surface area contributed by atoms with Crippen LogP contribution in [0.1, 0.15) is 0 Å². The molecule has 1 heterocycles. The molecule has 0 unspecified atom stereocenters. The van der Waals surface area contributed by atoms with Crippen molar-refractivity contribution in [1.29, 1.82) is 0 Å². The van der Waals surface area contributed by atoms with Gasteiger partial charge >= 0.3 is 7.82 Å². The molecule has 0 saturated heterocycles. The van der Waals surface area contributed by atoms with Crippen LogP contribution in [0.4, 0.5) is 0 Å². The van der Waals surface area contributed by atoms with Gasteiger partial charge in [0, 0.05) is 11.6 Å². The lowest BCUT2D eigenvalue weighted by Crippen LogP contribution is -1.90. The maximum Gasteiger partial charge on any atom is 0.524 e. The third-order valence-corrected chi connectivity index (χ3v) is 2.20. The summed E-state index contributed by atoms with van der Waals surface area (Å²) in [5.41, 5.74) is 0.579. The van der Waals surface area contributed by atoms with Gasteiger partial charge in [0.25, 0.3) is 0 Å². The minimum absolute atomic E-state index is 0.154. The monoisotopic (exact) mass is 213 g/mol. The summed E-state index contributed by atoms with van der Waals surface area (Å²) in [5.74, 6) is 0.154. The van der Waals surface area contributed by atoms with Crippen molar-refractivity contribution in [1.82, 2.24) is 4.98 Å². The fourth-order valence-electron chi connectivity index (χ4n) is 1.26. The Labute approximate surface area is 79.6 Å². The summed E-state index contributed by atoms with van der Waals surface area (Å²) in [5, 5.41) is 0.843. The van der Waals surface area contributed by atoms with Crippen LogP contribution < -0.4 is 4.52 Å². The zero-order chi connectivity index (χ0) is 10.2. The van der Waals surface area contributed by atoms with Gasteiger partial charge in [-0.25, -0.2) is 4.57 Å². The molecule has 0 atom stereocenters. The zero-order valence-electron chi connectivity index (χ0n) is 7.04. The molecule has 0 fully saturated rings. The fourth-order valence-corrected chi connectivity index (χ4v) is 1.67. The first-order chi connectivity index (χ1) is 6.56. The van der Waals surface area contributed by atoms with Gasteiger partial charge in [-0.3, -0.25) is 9.79 Å². The van der Waals surface area contributed by atoms with Crippen LogP contribution in [0, 0.1) is 0 Å². The highest BCUT2D eigenvalue weighted by Gasteiger charge is 2.17. The van der Waals surface area contributed by atoms with Crippen molar-refractivity contribution in [3.63, 3.8) is 0 Å². The molecule has 2 rings (SSSR count). The van der Waals surface area contributed by atoms with Crippen LogP contribution in [0.15, 0.2) is 30.5 Å². The van der Waals surface area contributed by atoms with E-state index in [0.29, 0.717) is 5.52 Å². The molecule has 5 nitrogen and oxygen atoms in total. The number of benzene rings is 1. The molecule has 0 saturated carbocycles. The van der Waals surface area contributed by atoms with Gasteiger partial charge in [0.05, 0.1) is 5.52 Å². The van der Waals surface area contributed by atoms with Gasteiger partial charge in [-0.15, -0.1) is 0 Å². The number of para-hydroxylation sites is 1. The minimum atomic E-state index is -4.49. The van der Waals surface area contributed by atoms with E-state index in [2.05, 4.69) is 9.51 Å². The van der Waals surface area contributed by atoms with Crippen molar-refractivity contribution in [2.24, 2.45) is 0 Å². The number of aromatic nitrogens is 1. The molecule has 0 amide bonds. The minimum Gasteiger partial charge on any atom is -0.402 e. The predicted octanol–water partition coefficient (Wildman–Crippen LogP) is 1.64. The summed E-state index contributed by atoms with van der Waals surface area (Å²) in [6, 6.07) is 6.78. The maximum atomic E-state index is 10.6. The van der Waals surface area contributed by atoms with Gasteiger partial charge in [0.1, 0.15) is 0 Å². The molecule has 2 aromatic rings. The zero-order valence-corrected chi connectivity index (χ0v) is 7.94. The first-order valence-electron chi connectivity index (χ1n) is 3.87. The van der Waals surface area contributed by atoms with Crippen molar-refractivity contribution in [3.05, 3.63) is 30.5 Å². The van der Waals surface area contributed by atoms with Crippen molar-refractivity contribution in [3.8, 4) is 5.75 Å². The first-order valence-corrected chi connectivity index (χ1v) is 5.40. The lowest BCUT2D eigenvalue weighted by molar-refractivity contribution is 0.284. The number of aromatic amines is 1. The Morgan fingerprint density at radius 3 is 2.79 bits per heavy atom. The Hall–Kier alpha value is -1.29. The van der Waals surface area contributed by atoms with E-state index < -0.39 is 7.82 Å². The average Bonchev–Trinajstić information content (AvgIpc) is 2.49. The SMILES string of the molecule is O=P(O)(O)Oc1cccc2cc[nH]c12. The number of fused-ring (bicyclic) bond motifs is 1. The predicted molar refractivity (Wildman–Crippen MR) is 51.0 cm³/mol. The van der Waals surface area contributed by atoms with Crippen LogP contribution in [-0.4, -0.2) is 14.8 Å². The summed E-state index contributed by atoms with van der Waals surface area (Å²) >= 11 is 0. The first kappa shape index (κ1) is 9.27. The highest BCUT2D eigenvalue weighted by molar-refractivity contribution is 7.46. The van der Waals surface area contributed by atoms with Crippen LogP contribution in [0.3, 0.4) is 0 Å². The molecule has 6 heteroatoms. The number of nitrogens with one attached hydrogen (secondary N) is 1. The van der Waals surface area contributed by atoms with Crippen LogP contribution in [-0.2, 0) is 4.57 Å². The highest BCUT2D eigenvalue weighted by atomic mass is 31.2. The molecule has 0 bridgehead atoms. The fraction of sp³-hybridized carbons (Fsp3) is 0. The van der Waals surface area contributed by atoms with E-state index in [1.54, 1.807) is 18.3 Å². The summed E-state index contributed by atoms with van der Waals surface area (Å²) in [4.78, 5) is 20.1. The van der Waals surface area contributed by atoms with E-state index in [0.717, 1.165) is 5.39 Å². The maximum absolute atomic E-state index is 10.6. The normalized spacial score (nSPS) is 11.9. The summed E-state index contributed by atoms with van der Waals surface area (Å²) < 4.78 is 15.1. The average molecular weight is 213 g/mol. The molecule has 1 aromatic carbocycles. The van der Waals surface area contributed by atoms with Crippen LogP contribution in [0.25, 0.3) is 10.9 Å². The van der Waals surface area contributed by atoms with Crippen molar-refractivity contribution in [2.45, 2.75) is 0 Å². The Kier molecular flexibility index (Phi) is 2.07. The van der Waals surface area contributed by atoms with Gasteiger partial charge in [-0.2, -0.15) is 0 Å². The van der Waals surface area contributed by atoms with E-state index in [4.69, 9.17) is 9.79 Å². The van der Waals surface area contributed by atoms with Crippen molar-refractivity contribution >= 4 is 18.7 Å². The summed E-state index contributed by atoms with van der Waals surface area (Å²) in [7, 11) is -4.49. The van der Waals surface area contributed by atoms with Crippen molar-refractivity contribution < 1.29 is 18.9 Å². The van der Waals surface area contributed by atoms with E-state index in [9.17, 15) is 4.57 Å².